The van der Waals surface area contributed by atoms with Gasteiger partial charge >= 0.3 is 47.8 Å². The number of aliphatic hydroxyl groups is 2. The van der Waals surface area contributed by atoms with Crippen LogP contribution in [0.5, 0.6) is 0 Å². The number of carbonyl (C=O) groups excluding carboxylic acids is 8. The number of ether oxygens (including phenoxy) is 8. The molecule has 18 heteroatoms. The zero-order chi connectivity index (χ0) is 89.1. The molecule has 11 atom stereocenters. The Morgan fingerprint density at radius 3 is 0.792 bits per heavy atom. The smallest absolute Gasteiger partial charge is 0.338 e. The van der Waals surface area contributed by atoms with Crippen molar-refractivity contribution in [3.8, 4) is 0 Å². The normalized spacial score (nSPS) is 14.4. The van der Waals surface area contributed by atoms with E-state index in [-0.39, 0.29) is 125 Å². The standard InChI is InChI=1S/C25H32O4.2C24H30O4.C23H28O4.C6H14O2/c1-24(2,3)20(28-22(26)18-13-9-7-10-14-18)17-21(25(4,5)6)29-23(27)19-15-11-8-12-16-19;1-17(2)21(15-27-23(25)19-11-7-5-8-12-19)22(18(3)4)16-28-24(26)20-13-9-6-10-14-20;1-5-6-17-24(4,18(2)27-22(25)20-13-9-7-10-14-20)19(3)28-23(26)21-15-11-8-12-16-21;1-16(2)15-21(27-23(25)20-13-9-6-10-14-20)17(3)18(4)26-22(24)19-11-7-5-8-12-19;1-5(3-7)6(2)4-8/h7-16,20-21H,17H2,1-6H3;5-14,17-18,21-22H,15-16H2,1-4H3;7-16,18-19H,5-6,17H2,1-4H3;5-14,16-18,21H,15H2,1-4H3;5-8H,3-4H2,1-2H3. The van der Waals surface area contributed by atoms with Gasteiger partial charge in [0.05, 0.1) is 57.7 Å². The Morgan fingerprint density at radius 2 is 0.558 bits per heavy atom. The Balaban J connectivity index is 0.000000326. The third-order valence-corrected chi connectivity index (χ3v) is 21.6. The zero-order valence-electron chi connectivity index (χ0n) is 74.5. The van der Waals surface area contributed by atoms with Gasteiger partial charge in [-0.2, -0.15) is 0 Å². The maximum Gasteiger partial charge on any atom is 0.338 e. The van der Waals surface area contributed by atoms with Crippen molar-refractivity contribution in [2.24, 2.45) is 63.6 Å². The van der Waals surface area contributed by atoms with E-state index in [2.05, 4.69) is 48.5 Å². The molecular weight excluding hydrogens is 1510 g/mol. The summed E-state index contributed by atoms with van der Waals surface area (Å²) in [5.41, 5.74) is 3.05. The molecule has 11 unspecified atom stereocenters. The van der Waals surface area contributed by atoms with E-state index >= 15 is 0 Å². The highest BCUT2D eigenvalue weighted by atomic mass is 16.6. The summed E-state index contributed by atoms with van der Waals surface area (Å²) in [4.78, 5) is 99.7. The van der Waals surface area contributed by atoms with Crippen molar-refractivity contribution < 1.29 is 86.5 Å². The van der Waals surface area contributed by atoms with E-state index in [1.54, 1.807) is 109 Å². The molecule has 0 aliphatic rings. The number of rotatable bonds is 35. The summed E-state index contributed by atoms with van der Waals surface area (Å²) < 4.78 is 45.9. The van der Waals surface area contributed by atoms with E-state index in [1.165, 1.54) is 0 Å². The Kier molecular flexibility index (Phi) is 44.5. The van der Waals surface area contributed by atoms with E-state index in [1.807, 2.05) is 223 Å². The molecule has 0 aliphatic heterocycles. The third kappa shape index (κ3) is 35.8. The van der Waals surface area contributed by atoms with Crippen LogP contribution in [0.3, 0.4) is 0 Å². The van der Waals surface area contributed by atoms with Crippen LogP contribution < -0.4 is 0 Å². The van der Waals surface area contributed by atoms with Gasteiger partial charge in [0.25, 0.3) is 0 Å². The third-order valence-electron chi connectivity index (χ3n) is 21.6. The van der Waals surface area contributed by atoms with E-state index in [9.17, 15) is 38.4 Å². The first-order valence-corrected chi connectivity index (χ1v) is 42.1. The molecule has 0 heterocycles. The molecule has 8 rings (SSSR count). The zero-order valence-corrected chi connectivity index (χ0v) is 74.5. The van der Waals surface area contributed by atoms with Crippen LogP contribution >= 0.6 is 0 Å². The number of carbonyl (C=O) groups is 8. The van der Waals surface area contributed by atoms with Gasteiger partial charge < -0.3 is 48.1 Å². The van der Waals surface area contributed by atoms with Gasteiger partial charge in [-0.05, 0) is 171 Å². The molecule has 8 aromatic carbocycles. The fourth-order valence-corrected chi connectivity index (χ4v) is 12.5. The highest BCUT2D eigenvalue weighted by Crippen LogP contribution is 2.38. The maximum absolute atomic E-state index is 12.6. The van der Waals surface area contributed by atoms with Gasteiger partial charge in [-0.1, -0.05) is 276 Å². The summed E-state index contributed by atoms with van der Waals surface area (Å²) in [6.07, 6.45) is 1.50. The minimum absolute atomic E-state index is 0.0937. The van der Waals surface area contributed by atoms with Crippen LogP contribution in [-0.4, -0.2) is 121 Å². The van der Waals surface area contributed by atoms with Gasteiger partial charge in [-0.3, -0.25) is 0 Å². The Hall–Kier alpha value is -10.6. The Labute approximate surface area is 714 Å². The fourth-order valence-electron chi connectivity index (χ4n) is 12.5. The van der Waals surface area contributed by atoms with Crippen LogP contribution in [0.15, 0.2) is 243 Å². The molecule has 650 valence electrons. The molecule has 0 bridgehead atoms. The minimum Gasteiger partial charge on any atom is -0.462 e. The second-order valence-corrected chi connectivity index (χ2v) is 34.3. The first kappa shape index (κ1) is 102. The highest BCUT2D eigenvalue weighted by molar-refractivity contribution is 5.93. The van der Waals surface area contributed by atoms with Crippen molar-refractivity contribution in [2.75, 3.05) is 26.4 Å². The Bertz CT molecular complexity index is 4040. The second kappa shape index (κ2) is 52.5. The summed E-state index contributed by atoms with van der Waals surface area (Å²) in [7, 11) is 0. The van der Waals surface area contributed by atoms with Crippen LogP contribution in [-0.2, 0) is 37.9 Å². The average Bonchev–Trinajstić information content (AvgIpc) is 0.819. The summed E-state index contributed by atoms with van der Waals surface area (Å²) >= 11 is 0. The van der Waals surface area contributed by atoms with Crippen molar-refractivity contribution in [1.29, 1.82) is 0 Å². The second-order valence-electron chi connectivity index (χ2n) is 34.3. The summed E-state index contributed by atoms with van der Waals surface area (Å²) in [5, 5.41) is 17.1. The summed E-state index contributed by atoms with van der Waals surface area (Å²) in [6.45, 7) is 41.2. The topological polar surface area (TPSA) is 251 Å². The van der Waals surface area contributed by atoms with Gasteiger partial charge in [0.15, 0.2) is 0 Å². The first-order valence-electron chi connectivity index (χ1n) is 42.1. The molecule has 0 aliphatic carbocycles. The number of unbranched alkanes of at least 4 members (excludes halogenated alkanes) is 1. The average molecular weight is 1650 g/mol. The number of benzene rings is 8. The number of esters is 8. The molecule has 0 spiro atoms. The minimum atomic E-state index is -0.495. The lowest BCUT2D eigenvalue weighted by Gasteiger charge is -2.39. The lowest BCUT2D eigenvalue weighted by atomic mass is 9.75. The molecule has 0 aromatic heterocycles. The van der Waals surface area contributed by atoms with Gasteiger partial charge in [0.2, 0.25) is 0 Å². The van der Waals surface area contributed by atoms with Crippen LogP contribution in [0, 0.1) is 63.6 Å². The van der Waals surface area contributed by atoms with Crippen molar-refractivity contribution in [2.45, 2.75) is 207 Å². The quantitative estimate of drug-likeness (QED) is 0.0277. The van der Waals surface area contributed by atoms with Gasteiger partial charge in [-0.15, -0.1) is 0 Å². The monoisotopic (exact) mass is 1650 g/mol. The molecule has 0 radical (unpaired) electrons. The van der Waals surface area contributed by atoms with Gasteiger partial charge in [0.1, 0.15) is 36.6 Å². The van der Waals surface area contributed by atoms with Crippen LogP contribution in [0.25, 0.3) is 0 Å². The van der Waals surface area contributed by atoms with E-state index < -0.39 is 29.8 Å². The molecule has 0 fully saturated rings. The maximum atomic E-state index is 12.6. The molecule has 0 saturated heterocycles. The molecule has 18 nitrogen and oxygen atoms in total. The molecule has 120 heavy (non-hydrogen) atoms. The molecule has 8 aromatic rings. The van der Waals surface area contributed by atoms with Gasteiger partial charge in [0, 0.05) is 42.8 Å². The number of aliphatic hydroxyl groups excluding tert-OH is 2. The number of hydrogen-bond acceptors (Lipinski definition) is 18. The molecule has 0 saturated carbocycles. The van der Waals surface area contributed by atoms with Crippen molar-refractivity contribution in [3.63, 3.8) is 0 Å². The van der Waals surface area contributed by atoms with E-state index in [0.717, 1.165) is 19.3 Å². The number of hydrogen-bond donors (Lipinski definition) is 2. The van der Waals surface area contributed by atoms with E-state index in [0.29, 0.717) is 76.5 Å². The SMILES string of the molecule is CC(C)(C)C(CC(OC(=O)c1ccccc1)C(C)(C)C)OC(=O)c1ccccc1.CC(C)C(COC(=O)c1ccccc1)C(COC(=O)c1ccccc1)C(C)C.CC(C)CC(OC(=O)c1ccccc1)C(C)C(C)OC(=O)c1ccccc1.CC(CO)C(C)CO.CCCCC(C)(C(C)OC(=O)c1ccccc1)C(C)OC(=O)c1ccccc1. The van der Waals surface area contributed by atoms with Crippen LogP contribution in [0.4, 0.5) is 0 Å². The molecule has 2 N–H and O–H groups in total. The van der Waals surface area contributed by atoms with Gasteiger partial charge in [-0.25, -0.2) is 38.4 Å². The van der Waals surface area contributed by atoms with E-state index in [4.69, 9.17) is 48.1 Å². The summed E-state index contributed by atoms with van der Waals surface area (Å²) in [5.74, 6) is -1.42. The lowest BCUT2D eigenvalue weighted by molar-refractivity contribution is -0.0722. The molecular formula is C102H134O18. The van der Waals surface area contributed by atoms with Crippen molar-refractivity contribution in [3.05, 3.63) is 287 Å². The fraction of sp³-hybridized carbons (Fsp3) is 0.451. The lowest BCUT2D eigenvalue weighted by Crippen LogP contribution is -2.44. The predicted molar refractivity (Wildman–Crippen MR) is 473 cm³/mol. The van der Waals surface area contributed by atoms with Crippen molar-refractivity contribution in [1.82, 2.24) is 0 Å². The van der Waals surface area contributed by atoms with Crippen molar-refractivity contribution >= 4 is 47.8 Å². The highest BCUT2D eigenvalue weighted by Gasteiger charge is 2.42. The van der Waals surface area contributed by atoms with Crippen LogP contribution in [0.1, 0.15) is 253 Å². The molecule has 0 amide bonds. The predicted octanol–water partition coefficient (Wildman–Crippen LogP) is 22.2. The largest absolute Gasteiger partial charge is 0.462 e. The Morgan fingerprint density at radius 1 is 0.317 bits per heavy atom. The first-order chi connectivity index (χ1) is 56.9. The summed E-state index contributed by atoms with van der Waals surface area (Å²) in [6, 6.07) is 71.6. The van der Waals surface area contributed by atoms with Crippen LogP contribution in [0.2, 0.25) is 0 Å².